The van der Waals surface area contributed by atoms with Crippen molar-refractivity contribution in [3.8, 4) is 0 Å². The van der Waals surface area contributed by atoms with Crippen LogP contribution < -0.4 is 5.32 Å². The van der Waals surface area contributed by atoms with E-state index in [-0.39, 0.29) is 5.91 Å². The fraction of sp³-hybridized carbons (Fsp3) is 0.350. The highest BCUT2D eigenvalue weighted by Crippen LogP contribution is 2.36. The summed E-state index contributed by atoms with van der Waals surface area (Å²) < 4.78 is 5.19. The van der Waals surface area contributed by atoms with Gasteiger partial charge in [0.15, 0.2) is 0 Å². The van der Waals surface area contributed by atoms with E-state index < -0.39 is 0 Å². The maximum atomic E-state index is 12.4. The number of nitrogens with zero attached hydrogens (tertiary/aromatic N) is 3. The third-order valence-electron chi connectivity index (χ3n) is 4.79. The van der Waals surface area contributed by atoms with Crippen LogP contribution in [0.1, 0.15) is 44.7 Å². The van der Waals surface area contributed by atoms with Crippen LogP contribution in [0.25, 0.3) is 0 Å². The Kier molecular flexibility index (Phi) is 5.60. The first kappa shape index (κ1) is 17.9. The molecule has 1 N–H and O–H groups in total. The van der Waals surface area contributed by atoms with Crippen molar-refractivity contribution in [1.82, 2.24) is 20.2 Å². The van der Waals surface area contributed by atoms with Gasteiger partial charge in [-0.05, 0) is 37.6 Å². The van der Waals surface area contributed by atoms with Gasteiger partial charge in [-0.1, -0.05) is 0 Å². The molecule has 0 aliphatic carbocycles. The highest BCUT2D eigenvalue weighted by atomic mass is 32.1. The predicted molar refractivity (Wildman–Crippen MR) is 103 cm³/mol. The second-order valence-corrected chi connectivity index (χ2v) is 7.78. The molecule has 1 fully saturated rings. The van der Waals surface area contributed by atoms with Gasteiger partial charge in [0.1, 0.15) is 0 Å². The summed E-state index contributed by atoms with van der Waals surface area (Å²) in [6.45, 7) is 2.52. The highest BCUT2D eigenvalue weighted by Gasteiger charge is 2.28. The third kappa shape index (κ3) is 4.43. The monoisotopic (exact) mass is 382 g/mol. The molecule has 3 aromatic heterocycles. The lowest BCUT2D eigenvalue weighted by atomic mass is 10.2. The second-order valence-electron chi connectivity index (χ2n) is 6.66. The van der Waals surface area contributed by atoms with Gasteiger partial charge in [0, 0.05) is 54.6 Å². The summed E-state index contributed by atoms with van der Waals surface area (Å²) in [4.78, 5) is 25.2. The molecule has 4 heterocycles. The lowest BCUT2D eigenvalue weighted by Gasteiger charge is -2.22. The topological polar surface area (TPSA) is 71.3 Å². The number of carbonyl (C=O) groups excluding carboxylic acids is 1. The number of nitrogens with one attached hydrogen (secondary N) is 1. The van der Waals surface area contributed by atoms with Gasteiger partial charge < -0.3 is 9.73 Å². The summed E-state index contributed by atoms with van der Waals surface area (Å²) in [6, 6.07) is 6.43. The Morgan fingerprint density at radius 1 is 1.33 bits per heavy atom. The van der Waals surface area contributed by atoms with Crippen LogP contribution in [0.4, 0.5) is 0 Å². The molecule has 1 amide bonds. The second kappa shape index (κ2) is 8.45. The van der Waals surface area contributed by atoms with Crippen molar-refractivity contribution in [3.05, 3.63) is 70.3 Å². The Labute approximate surface area is 162 Å². The van der Waals surface area contributed by atoms with E-state index in [0.717, 1.165) is 30.1 Å². The molecule has 0 bridgehead atoms. The number of likely N-dealkylation sites (tertiary alicyclic amines) is 1. The van der Waals surface area contributed by atoms with E-state index in [1.165, 1.54) is 16.9 Å². The smallest absolute Gasteiger partial charge is 0.261 e. The van der Waals surface area contributed by atoms with E-state index in [2.05, 4.69) is 26.3 Å². The molecule has 27 heavy (non-hydrogen) atoms. The largest absolute Gasteiger partial charge is 0.472 e. The Bertz CT molecular complexity index is 863. The molecular weight excluding hydrogens is 360 g/mol. The minimum absolute atomic E-state index is 0.0190. The van der Waals surface area contributed by atoms with Gasteiger partial charge in [-0.15, -0.1) is 11.3 Å². The quantitative estimate of drug-likeness (QED) is 0.678. The number of hydrogen-bond acceptors (Lipinski definition) is 6. The van der Waals surface area contributed by atoms with E-state index in [9.17, 15) is 4.79 Å². The molecule has 140 valence electrons. The number of hydrogen-bond donors (Lipinski definition) is 1. The molecule has 1 aliphatic rings. The van der Waals surface area contributed by atoms with Gasteiger partial charge in [-0.2, -0.15) is 0 Å². The Hall–Kier alpha value is -2.51. The minimum Gasteiger partial charge on any atom is -0.472 e. The molecule has 6 nitrogen and oxygen atoms in total. The van der Waals surface area contributed by atoms with E-state index in [1.807, 2.05) is 12.1 Å². The molecule has 0 spiro atoms. The first-order valence-electron chi connectivity index (χ1n) is 9.17. The molecule has 1 saturated heterocycles. The van der Waals surface area contributed by atoms with Crippen molar-refractivity contribution < 1.29 is 9.21 Å². The molecule has 1 atom stereocenters. The van der Waals surface area contributed by atoms with Gasteiger partial charge in [0.25, 0.3) is 5.91 Å². The molecule has 0 aromatic carbocycles. The average molecular weight is 382 g/mol. The van der Waals surface area contributed by atoms with E-state index >= 15 is 0 Å². The first-order chi connectivity index (χ1) is 13.3. The van der Waals surface area contributed by atoms with Gasteiger partial charge in [0.2, 0.25) is 0 Å². The van der Waals surface area contributed by atoms with Crippen LogP contribution in [-0.2, 0) is 13.0 Å². The number of rotatable bonds is 7. The fourth-order valence-corrected chi connectivity index (χ4v) is 4.55. The third-order valence-corrected chi connectivity index (χ3v) is 5.98. The van der Waals surface area contributed by atoms with Crippen LogP contribution in [0, 0.1) is 0 Å². The van der Waals surface area contributed by atoms with Crippen molar-refractivity contribution in [3.63, 3.8) is 0 Å². The van der Waals surface area contributed by atoms with Crippen LogP contribution in [0.3, 0.4) is 0 Å². The van der Waals surface area contributed by atoms with E-state index in [4.69, 9.17) is 4.42 Å². The first-order valence-corrected chi connectivity index (χ1v) is 9.99. The summed E-state index contributed by atoms with van der Waals surface area (Å²) in [5.74, 6) is -0.0190. The molecule has 7 heteroatoms. The number of furan rings is 1. The van der Waals surface area contributed by atoms with Gasteiger partial charge >= 0.3 is 0 Å². The number of carbonyl (C=O) groups is 1. The van der Waals surface area contributed by atoms with Crippen LogP contribution in [-0.4, -0.2) is 33.9 Å². The summed E-state index contributed by atoms with van der Waals surface area (Å²) >= 11 is 1.60. The molecular formula is C20H22N4O2S. The van der Waals surface area contributed by atoms with E-state index in [1.54, 1.807) is 42.5 Å². The molecule has 0 unspecified atom stereocenters. The van der Waals surface area contributed by atoms with Crippen LogP contribution >= 0.6 is 11.3 Å². The van der Waals surface area contributed by atoms with Crippen LogP contribution in [0.15, 0.2) is 53.7 Å². The molecule has 3 aromatic rings. The Morgan fingerprint density at radius 2 is 2.30 bits per heavy atom. The summed E-state index contributed by atoms with van der Waals surface area (Å²) in [5.41, 5.74) is 2.07. The number of aromatic nitrogens is 2. The Morgan fingerprint density at radius 3 is 3.11 bits per heavy atom. The van der Waals surface area contributed by atoms with Crippen LogP contribution in [0.5, 0.6) is 0 Å². The van der Waals surface area contributed by atoms with Crippen molar-refractivity contribution >= 4 is 17.2 Å². The summed E-state index contributed by atoms with van der Waals surface area (Å²) in [7, 11) is 0. The average Bonchev–Trinajstić information content (AvgIpc) is 3.44. The van der Waals surface area contributed by atoms with Gasteiger partial charge in [-0.3, -0.25) is 19.7 Å². The fourth-order valence-electron chi connectivity index (χ4n) is 3.46. The zero-order valence-electron chi connectivity index (χ0n) is 15.0. The van der Waals surface area contributed by atoms with Crippen molar-refractivity contribution in [2.45, 2.75) is 31.8 Å². The summed E-state index contributed by atoms with van der Waals surface area (Å²) in [6.07, 6.45) is 11.6. The van der Waals surface area contributed by atoms with Gasteiger partial charge in [-0.25, -0.2) is 0 Å². The SMILES string of the molecule is O=C(NCCc1cnccn1)c1ccc([C@H]2CCCN2Cc2ccoc2)s1. The maximum Gasteiger partial charge on any atom is 0.261 e. The standard InChI is InChI=1S/C20H22N4O2S/c25-20(23-7-5-16-12-21-8-9-22-16)19-4-3-18(27-19)17-2-1-10-24(17)13-15-6-11-26-14-15/h3-4,6,8-9,11-12,14,17H,1-2,5,7,10,13H2,(H,23,25)/t17-/m1/s1. The lowest BCUT2D eigenvalue weighted by molar-refractivity contribution is 0.0958. The molecule has 0 radical (unpaired) electrons. The summed E-state index contributed by atoms with van der Waals surface area (Å²) in [5, 5.41) is 2.98. The molecule has 0 saturated carbocycles. The Balaban J connectivity index is 1.34. The van der Waals surface area contributed by atoms with E-state index in [0.29, 0.717) is 19.0 Å². The van der Waals surface area contributed by atoms with Gasteiger partial charge in [0.05, 0.1) is 23.1 Å². The van der Waals surface area contributed by atoms with Crippen molar-refractivity contribution in [2.24, 2.45) is 0 Å². The lowest BCUT2D eigenvalue weighted by Crippen LogP contribution is -2.25. The normalized spacial score (nSPS) is 17.3. The highest BCUT2D eigenvalue weighted by molar-refractivity contribution is 7.14. The minimum atomic E-state index is -0.0190. The molecule has 4 rings (SSSR count). The zero-order chi connectivity index (χ0) is 18.5. The number of amides is 1. The van der Waals surface area contributed by atoms with Crippen molar-refractivity contribution in [1.29, 1.82) is 0 Å². The number of thiophene rings is 1. The van der Waals surface area contributed by atoms with Crippen molar-refractivity contribution in [2.75, 3.05) is 13.1 Å². The van der Waals surface area contributed by atoms with Crippen LogP contribution in [0.2, 0.25) is 0 Å². The zero-order valence-corrected chi connectivity index (χ0v) is 15.8. The molecule has 1 aliphatic heterocycles. The maximum absolute atomic E-state index is 12.4. The predicted octanol–water partition coefficient (Wildman–Crippen LogP) is 3.44.